The second kappa shape index (κ2) is 10.8. The topological polar surface area (TPSA) is 83.8 Å². The molecule has 1 amide bonds. The van der Waals surface area contributed by atoms with Gasteiger partial charge in [-0.05, 0) is 93.2 Å². The third kappa shape index (κ3) is 6.02. The number of nitrogens with zero attached hydrogens (tertiary/aromatic N) is 2. The van der Waals surface area contributed by atoms with Gasteiger partial charge in [0.05, 0.1) is 19.2 Å². The van der Waals surface area contributed by atoms with Gasteiger partial charge >= 0.3 is 5.97 Å². The number of ether oxygens (including phenoxy) is 1. The van der Waals surface area contributed by atoms with Crippen LogP contribution in [0.1, 0.15) is 28.0 Å². The summed E-state index contributed by atoms with van der Waals surface area (Å²) >= 11 is 0. The van der Waals surface area contributed by atoms with Gasteiger partial charge in [0, 0.05) is 30.0 Å². The van der Waals surface area contributed by atoms with Crippen LogP contribution in [0.2, 0.25) is 0 Å². The molecular formula is C26H31N3O4. The molecule has 3 aromatic rings. The summed E-state index contributed by atoms with van der Waals surface area (Å²) in [6.45, 7) is 3.31. The van der Waals surface area contributed by atoms with Crippen molar-refractivity contribution >= 4 is 11.9 Å². The first kappa shape index (κ1) is 24.1. The normalized spacial score (nSPS) is 10.9. The van der Waals surface area contributed by atoms with Crippen molar-refractivity contribution in [1.82, 2.24) is 14.8 Å². The Morgan fingerprint density at radius 2 is 1.79 bits per heavy atom. The molecule has 0 unspecified atom stereocenters. The van der Waals surface area contributed by atoms with Gasteiger partial charge in [0.25, 0.3) is 5.91 Å². The number of aromatic nitrogens is 1. The van der Waals surface area contributed by atoms with Crippen molar-refractivity contribution in [1.29, 1.82) is 0 Å². The number of amides is 1. The van der Waals surface area contributed by atoms with E-state index in [4.69, 9.17) is 4.74 Å². The summed E-state index contributed by atoms with van der Waals surface area (Å²) < 4.78 is 7.35. The molecule has 3 rings (SSSR count). The molecule has 0 bridgehead atoms. The number of nitrogens with one attached hydrogen (secondary N) is 1. The number of carboxylic acid groups (broad SMARTS) is 1. The minimum atomic E-state index is -0.838. The van der Waals surface area contributed by atoms with Crippen LogP contribution >= 0.6 is 0 Å². The molecule has 0 fully saturated rings. The smallest absolute Gasteiger partial charge is 0.303 e. The maximum absolute atomic E-state index is 12.6. The fourth-order valence-electron chi connectivity index (χ4n) is 3.72. The number of carbonyl (C=O) groups is 2. The highest BCUT2D eigenvalue weighted by Gasteiger charge is 2.16. The van der Waals surface area contributed by atoms with Gasteiger partial charge in [-0.2, -0.15) is 0 Å². The molecule has 0 radical (unpaired) electrons. The molecule has 0 aliphatic heterocycles. The summed E-state index contributed by atoms with van der Waals surface area (Å²) in [7, 11) is 5.55. The quantitative estimate of drug-likeness (QED) is 0.492. The lowest BCUT2D eigenvalue weighted by Crippen LogP contribution is -2.31. The van der Waals surface area contributed by atoms with Crippen LogP contribution in [0, 0.1) is 6.92 Å². The molecule has 0 atom stereocenters. The van der Waals surface area contributed by atoms with E-state index in [2.05, 4.69) is 9.88 Å². The highest BCUT2D eigenvalue weighted by atomic mass is 16.5. The van der Waals surface area contributed by atoms with Gasteiger partial charge in [-0.15, -0.1) is 0 Å². The number of aliphatic carboxylic acids is 1. The van der Waals surface area contributed by atoms with Crippen LogP contribution in [0.15, 0.2) is 54.6 Å². The molecule has 1 aromatic heterocycles. The van der Waals surface area contributed by atoms with Crippen LogP contribution in [0.3, 0.4) is 0 Å². The Balaban J connectivity index is 1.97. The summed E-state index contributed by atoms with van der Waals surface area (Å²) in [6, 6.07) is 17.3. The van der Waals surface area contributed by atoms with Crippen LogP contribution in [0.5, 0.6) is 5.75 Å². The van der Waals surface area contributed by atoms with E-state index in [0.29, 0.717) is 18.5 Å². The first-order valence-corrected chi connectivity index (χ1v) is 10.9. The van der Waals surface area contributed by atoms with Gasteiger partial charge in [0.1, 0.15) is 5.75 Å². The van der Waals surface area contributed by atoms with Crippen LogP contribution in [-0.2, 0) is 11.2 Å². The Morgan fingerprint density at radius 3 is 2.39 bits per heavy atom. The van der Waals surface area contributed by atoms with Gasteiger partial charge in [-0.3, -0.25) is 9.59 Å². The zero-order valence-electron chi connectivity index (χ0n) is 19.6. The van der Waals surface area contributed by atoms with E-state index in [1.54, 1.807) is 7.11 Å². The Bertz CT molecular complexity index is 1120. The lowest BCUT2D eigenvalue weighted by atomic mass is 10.1. The highest BCUT2D eigenvalue weighted by Crippen LogP contribution is 2.30. The average molecular weight is 450 g/mol. The number of hydrogen-bond acceptors (Lipinski definition) is 4. The van der Waals surface area contributed by atoms with Crippen molar-refractivity contribution in [2.45, 2.75) is 19.8 Å². The maximum Gasteiger partial charge on any atom is 0.303 e. The number of benzene rings is 2. The number of rotatable bonds is 10. The minimum absolute atomic E-state index is 0.0392. The van der Waals surface area contributed by atoms with Crippen molar-refractivity contribution in [2.24, 2.45) is 0 Å². The van der Waals surface area contributed by atoms with E-state index in [9.17, 15) is 14.7 Å². The van der Waals surface area contributed by atoms with E-state index < -0.39 is 5.97 Å². The zero-order chi connectivity index (χ0) is 24.0. The first-order chi connectivity index (χ1) is 15.8. The lowest BCUT2D eigenvalue weighted by Gasteiger charge is -2.17. The van der Waals surface area contributed by atoms with E-state index >= 15 is 0 Å². The van der Waals surface area contributed by atoms with Crippen molar-refractivity contribution in [2.75, 3.05) is 34.3 Å². The minimum Gasteiger partial charge on any atom is -0.497 e. The van der Waals surface area contributed by atoms with E-state index in [-0.39, 0.29) is 12.3 Å². The summed E-state index contributed by atoms with van der Waals surface area (Å²) in [4.78, 5) is 25.8. The van der Waals surface area contributed by atoms with Gasteiger partial charge < -0.3 is 24.6 Å². The maximum atomic E-state index is 12.6. The molecule has 0 aliphatic carbocycles. The second-order valence-electron chi connectivity index (χ2n) is 8.23. The van der Waals surface area contributed by atoms with Crippen LogP contribution in [0.4, 0.5) is 0 Å². The third-order valence-corrected chi connectivity index (χ3v) is 5.49. The van der Waals surface area contributed by atoms with Crippen molar-refractivity contribution in [3.63, 3.8) is 0 Å². The SMILES string of the molecule is COc1ccc(-c2ccc(CCC(=O)O)n2-c2ccc(C(=O)NCCN(C)C)cc2C)cc1. The Kier molecular flexibility index (Phi) is 7.90. The van der Waals surface area contributed by atoms with E-state index in [1.165, 1.54) is 0 Å². The summed E-state index contributed by atoms with van der Waals surface area (Å²) in [5, 5.41) is 12.1. The number of aryl methyl sites for hydroxylation is 2. The molecule has 0 saturated carbocycles. The molecule has 2 N–H and O–H groups in total. The van der Waals surface area contributed by atoms with E-state index in [1.807, 2.05) is 80.5 Å². The fraction of sp³-hybridized carbons (Fsp3) is 0.308. The summed E-state index contributed by atoms with van der Waals surface area (Å²) in [6.07, 6.45) is 0.440. The predicted octanol–water partition coefficient (Wildman–Crippen LogP) is 3.77. The van der Waals surface area contributed by atoms with Crippen molar-refractivity contribution in [3.8, 4) is 22.7 Å². The molecule has 33 heavy (non-hydrogen) atoms. The number of likely N-dealkylation sites (N-methyl/N-ethyl adjacent to an activating group) is 1. The second-order valence-corrected chi connectivity index (χ2v) is 8.23. The van der Waals surface area contributed by atoms with Crippen molar-refractivity contribution in [3.05, 3.63) is 71.4 Å². The highest BCUT2D eigenvalue weighted by molar-refractivity contribution is 5.94. The monoisotopic (exact) mass is 449 g/mol. The largest absolute Gasteiger partial charge is 0.497 e. The molecule has 0 aliphatic rings. The lowest BCUT2D eigenvalue weighted by molar-refractivity contribution is -0.136. The average Bonchev–Trinajstić information content (AvgIpc) is 3.21. The number of carboxylic acids is 1. The summed E-state index contributed by atoms with van der Waals surface area (Å²) in [5.41, 5.74) is 5.27. The standard InChI is InChI=1S/C26H31N3O4/c1-18-17-20(26(32)27-15-16-28(2)3)7-12-23(18)29-21(9-14-25(30)31)8-13-24(29)19-5-10-22(33-4)11-6-19/h5-8,10-13,17H,9,14-16H2,1-4H3,(H,27,32)(H,30,31). The van der Waals surface area contributed by atoms with Crippen LogP contribution < -0.4 is 10.1 Å². The zero-order valence-corrected chi connectivity index (χ0v) is 19.6. The Labute approximate surface area is 194 Å². The number of hydrogen-bond donors (Lipinski definition) is 2. The fourth-order valence-corrected chi connectivity index (χ4v) is 3.72. The van der Waals surface area contributed by atoms with Gasteiger partial charge in [-0.25, -0.2) is 0 Å². The molecular weight excluding hydrogens is 418 g/mol. The summed E-state index contributed by atoms with van der Waals surface area (Å²) in [5.74, 6) is -0.181. The van der Waals surface area contributed by atoms with Gasteiger partial charge in [0.15, 0.2) is 0 Å². The first-order valence-electron chi connectivity index (χ1n) is 10.9. The molecule has 7 heteroatoms. The predicted molar refractivity (Wildman–Crippen MR) is 129 cm³/mol. The van der Waals surface area contributed by atoms with Gasteiger partial charge in [0.2, 0.25) is 0 Å². The molecule has 0 saturated heterocycles. The third-order valence-electron chi connectivity index (χ3n) is 5.49. The van der Waals surface area contributed by atoms with Crippen molar-refractivity contribution < 1.29 is 19.4 Å². The Hall–Kier alpha value is -3.58. The van der Waals surface area contributed by atoms with E-state index in [0.717, 1.165) is 40.5 Å². The van der Waals surface area contributed by atoms with Crippen LogP contribution in [-0.4, -0.2) is 60.7 Å². The number of methoxy groups -OCH3 is 1. The molecule has 1 heterocycles. The molecule has 174 valence electrons. The molecule has 0 spiro atoms. The van der Waals surface area contributed by atoms with Gasteiger partial charge in [-0.1, -0.05) is 0 Å². The van der Waals surface area contributed by atoms with Crippen LogP contribution in [0.25, 0.3) is 16.9 Å². The Morgan fingerprint density at radius 1 is 1.06 bits per heavy atom. The number of carbonyl (C=O) groups excluding carboxylic acids is 1. The molecule has 2 aromatic carbocycles. The molecule has 7 nitrogen and oxygen atoms in total.